The fourth-order valence-corrected chi connectivity index (χ4v) is 3.16. The van der Waals surface area contributed by atoms with E-state index in [0.29, 0.717) is 30.4 Å². The molecule has 0 bridgehead atoms. The number of amides is 1. The largest absolute Gasteiger partial charge is 0.474 e. The predicted molar refractivity (Wildman–Crippen MR) is 109 cm³/mol. The van der Waals surface area contributed by atoms with E-state index in [-0.39, 0.29) is 12.0 Å². The van der Waals surface area contributed by atoms with Crippen LogP contribution in [0.5, 0.6) is 5.88 Å². The molecule has 1 fully saturated rings. The summed E-state index contributed by atoms with van der Waals surface area (Å²) in [6.07, 6.45) is 6.41. The smallest absolute Gasteiger partial charge is 0.252 e. The Hall–Kier alpha value is -2.90. The van der Waals surface area contributed by atoms with Crippen LogP contribution in [0.3, 0.4) is 0 Å². The van der Waals surface area contributed by atoms with E-state index >= 15 is 0 Å². The average molecular weight is 384 g/mol. The molecule has 0 radical (unpaired) electrons. The maximum absolute atomic E-state index is 12.2. The summed E-state index contributed by atoms with van der Waals surface area (Å²) in [7, 11) is 0. The number of rotatable bonds is 9. The van der Waals surface area contributed by atoms with Crippen molar-refractivity contribution < 1.29 is 9.53 Å². The van der Waals surface area contributed by atoms with Gasteiger partial charge in [0.05, 0.1) is 5.56 Å². The van der Waals surface area contributed by atoms with Crippen molar-refractivity contribution in [3.8, 4) is 5.88 Å². The molecule has 1 aliphatic carbocycles. The molecule has 8 nitrogen and oxygen atoms in total. The standard InChI is InChI=1S/C20H28N6O2/c1-3-21-17-12-18(26-14(2)25-17)22-10-11-23-20(27)15-8-9-19(24-13-15)28-16-6-4-5-7-16/h8-9,12-13,16H,3-7,10-11H2,1-2H3,(H,23,27)(H2,21,22,25,26). The SMILES string of the molecule is CCNc1cc(NCCNC(=O)c2ccc(OC3CCCC3)nc2)nc(C)n1. The summed E-state index contributed by atoms with van der Waals surface area (Å²) in [5, 5.41) is 9.24. The van der Waals surface area contributed by atoms with Crippen LogP contribution in [0.4, 0.5) is 11.6 Å². The molecule has 1 amide bonds. The van der Waals surface area contributed by atoms with Crippen molar-refractivity contribution in [3.05, 3.63) is 35.8 Å². The molecule has 0 unspecified atom stereocenters. The van der Waals surface area contributed by atoms with Crippen molar-refractivity contribution in [1.82, 2.24) is 20.3 Å². The fourth-order valence-electron chi connectivity index (χ4n) is 3.16. The lowest BCUT2D eigenvalue weighted by Crippen LogP contribution is -2.29. The second kappa shape index (κ2) is 9.87. The van der Waals surface area contributed by atoms with Crippen LogP contribution in [0.15, 0.2) is 24.4 Å². The number of nitrogens with zero attached hydrogens (tertiary/aromatic N) is 3. The Kier molecular flexibility index (Phi) is 7.00. The van der Waals surface area contributed by atoms with Crippen LogP contribution in [0, 0.1) is 6.92 Å². The number of ether oxygens (including phenoxy) is 1. The Balaban J connectivity index is 1.42. The third-order valence-electron chi connectivity index (χ3n) is 4.50. The highest BCUT2D eigenvalue weighted by molar-refractivity contribution is 5.93. The zero-order valence-electron chi connectivity index (χ0n) is 16.5. The highest BCUT2D eigenvalue weighted by Crippen LogP contribution is 2.22. The van der Waals surface area contributed by atoms with Crippen LogP contribution >= 0.6 is 0 Å². The third kappa shape index (κ3) is 5.80. The number of hydrogen-bond acceptors (Lipinski definition) is 7. The van der Waals surface area contributed by atoms with Crippen molar-refractivity contribution >= 4 is 17.5 Å². The summed E-state index contributed by atoms with van der Waals surface area (Å²) >= 11 is 0. The monoisotopic (exact) mass is 384 g/mol. The molecular weight excluding hydrogens is 356 g/mol. The van der Waals surface area contributed by atoms with Gasteiger partial charge in [-0.1, -0.05) is 0 Å². The van der Waals surface area contributed by atoms with Crippen molar-refractivity contribution in [2.24, 2.45) is 0 Å². The topological polar surface area (TPSA) is 101 Å². The van der Waals surface area contributed by atoms with Gasteiger partial charge in [-0.3, -0.25) is 4.79 Å². The van der Waals surface area contributed by atoms with Gasteiger partial charge in [0.1, 0.15) is 23.6 Å². The Morgan fingerprint density at radius 2 is 1.89 bits per heavy atom. The van der Waals surface area contributed by atoms with Crippen LogP contribution in [0.2, 0.25) is 0 Å². The summed E-state index contributed by atoms with van der Waals surface area (Å²) in [6, 6.07) is 5.36. The molecule has 150 valence electrons. The van der Waals surface area contributed by atoms with Gasteiger partial charge in [0.15, 0.2) is 0 Å². The molecule has 0 aliphatic heterocycles. The molecule has 28 heavy (non-hydrogen) atoms. The number of aryl methyl sites for hydroxylation is 1. The van der Waals surface area contributed by atoms with Crippen molar-refractivity contribution in [2.75, 3.05) is 30.3 Å². The minimum atomic E-state index is -0.158. The van der Waals surface area contributed by atoms with E-state index < -0.39 is 0 Å². The summed E-state index contributed by atoms with van der Waals surface area (Å²) < 4.78 is 5.82. The van der Waals surface area contributed by atoms with Crippen molar-refractivity contribution in [3.63, 3.8) is 0 Å². The van der Waals surface area contributed by atoms with E-state index in [0.717, 1.165) is 31.0 Å². The molecule has 2 heterocycles. The van der Waals surface area contributed by atoms with E-state index in [1.807, 2.05) is 19.9 Å². The van der Waals surface area contributed by atoms with Gasteiger partial charge in [0.25, 0.3) is 5.91 Å². The Labute approximate surface area is 165 Å². The van der Waals surface area contributed by atoms with Crippen molar-refractivity contribution in [2.45, 2.75) is 45.6 Å². The zero-order valence-corrected chi connectivity index (χ0v) is 16.5. The van der Waals surface area contributed by atoms with Gasteiger partial charge in [0, 0.05) is 38.0 Å². The predicted octanol–water partition coefficient (Wildman–Crippen LogP) is 2.78. The molecule has 0 atom stereocenters. The lowest BCUT2D eigenvalue weighted by molar-refractivity contribution is 0.0954. The normalized spacial score (nSPS) is 13.9. The molecular formula is C20H28N6O2. The summed E-state index contributed by atoms with van der Waals surface area (Å²) in [4.78, 5) is 25.2. The average Bonchev–Trinajstić information content (AvgIpc) is 3.18. The third-order valence-corrected chi connectivity index (χ3v) is 4.50. The highest BCUT2D eigenvalue weighted by atomic mass is 16.5. The van der Waals surface area contributed by atoms with Crippen LogP contribution in [0.1, 0.15) is 48.8 Å². The second-order valence-electron chi connectivity index (χ2n) is 6.81. The number of nitrogens with one attached hydrogen (secondary N) is 3. The zero-order chi connectivity index (χ0) is 19.8. The molecule has 0 spiro atoms. The number of aromatic nitrogens is 3. The van der Waals surface area contributed by atoms with Gasteiger partial charge >= 0.3 is 0 Å². The molecule has 3 rings (SSSR count). The van der Waals surface area contributed by atoms with Crippen LogP contribution in [-0.4, -0.2) is 46.6 Å². The van der Waals surface area contributed by atoms with E-state index in [1.54, 1.807) is 18.3 Å². The van der Waals surface area contributed by atoms with E-state index in [1.165, 1.54) is 12.8 Å². The highest BCUT2D eigenvalue weighted by Gasteiger charge is 2.17. The van der Waals surface area contributed by atoms with Gasteiger partial charge in [-0.2, -0.15) is 0 Å². The number of pyridine rings is 1. The van der Waals surface area contributed by atoms with Crippen LogP contribution in [-0.2, 0) is 0 Å². The van der Waals surface area contributed by atoms with Crippen LogP contribution in [0.25, 0.3) is 0 Å². The first-order valence-electron chi connectivity index (χ1n) is 9.88. The molecule has 3 N–H and O–H groups in total. The lowest BCUT2D eigenvalue weighted by atomic mass is 10.2. The van der Waals surface area contributed by atoms with E-state index in [9.17, 15) is 4.79 Å². The summed E-state index contributed by atoms with van der Waals surface area (Å²) in [5.74, 6) is 2.63. The Morgan fingerprint density at radius 1 is 1.14 bits per heavy atom. The van der Waals surface area contributed by atoms with E-state index in [2.05, 4.69) is 30.9 Å². The molecule has 1 saturated carbocycles. The van der Waals surface area contributed by atoms with Crippen LogP contribution < -0.4 is 20.7 Å². The van der Waals surface area contributed by atoms with E-state index in [4.69, 9.17) is 4.74 Å². The number of hydrogen-bond donors (Lipinski definition) is 3. The first kappa shape index (κ1) is 19.9. The number of carbonyl (C=O) groups is 1. The lowest BCUT2D eigenvalue weighted by Gasteiger charge is -2.12. The summed E-state index contributed by atoms with van der Waals surface area (Å²) in [5.41, 5.74) is 0.520. The molecule has 8 heteroatoms. The molecule has 0 saturated heterocycles. The van der Waals surface area contributed by atoms with Gasteiger partial charge in [-0.25, -0.2) is 15.0 Å². The maximum Gasteiger partial charge on any atom is 0.252 e. The van der Waals surface area contributed by atoms with Gasteiger partial charge in [0.2, 0.25) is 5.88 Å². The first-order chi connectivity index (χ1) is 13.6. The molecule has 1 aliphatic rings. The first-order valence-corrected chi connectivity index (χ1v) is 9.88. The molecule has 2 aromatic heterocycles. The van der Waals surface area contributed by atoms with Gasteiger partial charge in [-0.15, -0.1) is 0 Å². The quantitative estimate of drug-likeness (QED) is 0.572. The minimum Gasteiger partial charge on any atom is -0.474 e. The maximum atomic E-state index is 12.2. The second-order valence-corrected chi connectivity index (χ2v) is 6.81. The summed E-state index contributed by atoms with van der Waals surface area (Å²) in [6.45, 7) is 5.69. The molecule has 0 aromatic carbocycles. The van der Waals surface area contributed by atoms with Gasteiger partial charge in [-0.05, 0) is 45.6 Å². The minimum absolute atomic E-state index is 0.158. The Bertz CT molecular complexity index is 775. The molecule has 2 aromatic rings. The number of carbonyl (C=O) groups excluding carboxylic acids is 1. The Morgan fingerprint density at radius 3 is 2.57 bits per heavy atom. The fraction of sp³-hybridized carbons (Fsp3) is 0.500. The van der Waals surface area contributed by atoms with Gasteiger partial charge < -0.3 is 20.7 Å². The number of anilines is 2. The van der Waals surface area contributed by atoms with Crippen molar-refractivity contribution in [1.29, 1.82) is 0 Å².